The predicted octanol–water partition coefficient (Wildman–Crippen LogP) is 4.01. The minimum absolute atomic E-state index is 0.0772. The van der Waals surface area contributed by atoms with Crippen LogP contribution in [0.4, 0.5) is 0 Å². The Morgan fingerprint density at radius 1 is 1.31 bits per heavy atom. The largest absolute Gasteiger partial charge is 0.109 e. The SMILES string of the molecule is CC1=C(C)C(C)[PH]([Zr])=C1C.ClCCl. The first-order valence-corrected chi connectivity index (χ1v) is 10.5. The van der Waals surface area contributed by atoms with Crippen molar-refractivity contribution < 1.29 is 24.1 Å². The molecule has 0 aliphatic carbocycles. The van der Waals surface area contributed by atoms with E-state index in [0.717, 1.165) is 5.66 Å². The summed E-state index contributed by atoms with van der Waals surface area (Å²) in [7, 11) is 0. The van der Waals surface area contributed by atoms with Gasteiger partial charge < -0.3 is 0 Å². The zero-order valence-electron chi connectivity index (χ0n) is 8.54. The summed E-state index contributed by atoms with van der Waals surface area (Å²) in [6, 6.07) is 0. The van der Waals surface area contributed by atoms with Gasteiger partial charge in [0.05, 0.1) is 5.34 Å². The number of halogens is 2. The second-order valence-electron chi connectivity index (χ2n) is 3.17. The van der Waals surface area contributed by atoms with Crippen molar-refractivity contribution in [2.24, 2.45) is 0 Å². The van der Waals surface area contributed by atoms with E-state index in [1.54, 1.807) is 40.6 Å². The van der Waals surface area contributed by atoms with E-state index in [1.165, 1.54) is 0 Å². The molecule has 2 atom stereocenters. The zero-order chi connectivity index (χ0) is 10.6. The van der Waals surface area contributed by atoms with Crippen molar-refractivity contribution in [3.63, 3.8) is 0 Å². The predicted molar refractivity (Wildman–Crippen MR) is 63.4 cm³/mol. The summed E-state index contributed by atoms with van der Waals surface area (Å²) in [6.07, 6.45) is 0. The summed E-state index contributed by atoms with van der Waals surface area (Å²) in [5, 5.41) is 1.92. The van der Waals surface area contributed by atoms with Crippen molar-refractivity contribution in [3.05, 3.63) is 11.1 Å². The molecule has 1 aliphatic heterocycles. The van der Waals surface area contributed by atoms with E-state index in [-0.39, 0.29) is 10.2 Å². The minimum Gasteiger partial charge on any atom is -0.109 e. The van der Waals surface area contributed by atoms with E-state index in [9.17, 15) is 0 Å². The van der Waals surface area contributed by atoms with Crippen molar-refractivity contribution in [1.82, 2.24) is 0 Å². The Bertz CT molecular complexity index is 222. The third kappa shape index (κ3) is 3.86. The summed E-state index contributed by atoms with van der Waals surface area (Å²) in [4.78, 5) is -0.0772. The van der Waals surface area contributed by atoms with Gasteiger partial charge in [0.15, 0.2) is 0 Å². The molecule has 0 fully saturated rings. The maximum absolute atomic E-state index is 4.76. The molecule has 75 valence electrons. The van der Waals surface area contributed by atoms with Crippen molar-refractivity contribution in [2.45, 2.75) is 33.4 Å². The second kappa shape index (κ2) is 6.89. The van der Waals surface area contributed by atoms with E-state index in [0.29, 0.717) is 0 Å². The summed E-state index contributed by atoms with van der Waals surface area (Å²) in [5.74, 6) is 0. The standard InChI is InChI=1S/C8H13P.CH2Cl2.Zr/c1-5-6(2)8(4)9-7(5)3;2-1-3;/h7H,1-4H3;1H2;/q;;-1/p+1. The third-order valence-electron chi connectivity index (χ3n) is 2.64. The summed E-state index contributed by atoms with van der Waals surface area (Å²) >= 11 is 11.3. The topological polar surface area (TPSA) is 0 Å². The molecule has 0 aromatic rings. The molecular formula is C9H16Cl2PZr. The number of hydrogen-bond donors (Lipinski definition) is 0. The molecule has 0 N–H and O–H groups in total. The summed E-state index contributed by atoms with van der Waals surface area (Å²) in [6.45, 7) is 9.29. The van der Waals surface area contributed by atoms with Gasteiger partial charge in [-0.2, -0.15) is 0 Å². The van der Waals surface area contributed by atoms with Crippen molar-refractivity contribution in [2.75, 3.05) is 5.34 Å². The smallest absolute Gasteiger partial charge is 0.0967 e. The average Bonchev–Trinajstić information content (AvgIpc) is 2.25. The maximum atomic E-state index is 4.76. The summed E-state index contributed by atoms with van der Waals surface area (Å²) < 4.78 is 0. The Hall–Kier alpha value is 1.50. The molecule has 0 radical (unpaired) electrons. The van der Waals surface area contributed by atoms with Gasteiger partial charge in [0, 0.05) is 0 Å². The molecule has 0 aromatic carbocycles. The van der Waals surface area contributed by atoms with Crippen molar-refractivity contribution in [1.29, 1.82) is 0 Å². The van der Waals surface area contributed by atoms with Crippen molar-refractivity contribution in [3.8, 4) is 0 Å². The van der Waals surface area contributed by atoms with Crippen LogP contribution in [-0.2, 0) is 24.1 Å². The number of allylic oxidation sites excluding steroid dienone is 2. The van der Waals surface area contributed by atoms with Crippen LogP contribution in [0.2, 0.25) is 0 Å². The van der Waals surface area contributed by atoms with E-state index in [1.807, 2.05) is 0 Å². The molecule has 2 unspecified atom stereocenters. The van der Waals surface area contributed by atoms with Crippen LogP contribution in [0, 0.1) is 0 Å². The Morgan fingerprint density at radius 3 is 1.77 bits per heavy atom. The maximum Gasteiger partial charge on any atom is 0.0967 e. The molecule has 0 nitrogen and oxygen atoms in total. The fraction of sp³-hybridized carbons (Fsp3) is 0.667. The molecule has 1 rings (SSSR count). The molecule has 4 heteroatoms. The molecule has 0 bridgehead atoms. The molecule has 0 spiro atoms. The van der Waals surface area contributed by atoms with Crippen LogP contribution >= 0.6 is 28.0 Å². The monoisotopic (exact) mass is 315 g/mol. The fourth-order valence-electron chi connectivity index (χ4n) is 1.36. The van der Waals surface area contributed by atoms with Gasteiger partial charge in [0.25, 0.3) is 0 Å². The molecule has 0 aromatic heterocycles. The van der Waals surface area contributed by atoms with Gasteiger partial charge in [-0.05, 0) is 0 Å². The third-order valence-corrected chi connectivity index (χ3v) is 11.1. The van der Waals surface area contributed by atoms with Crippen LogP contribution in [-0.4, -0.2) is 16.3 Å². The van der Waals surface area contributed by atoms with Gasteiger partial charge in [-0.3, -0.25) is 0 Å². The van der Waals surface area contributed by atoms with Crippen LogP contribution < -0.4 is 0 Å². The first-order chi connectivity index (χ1) is 5.97. The van der Waals surface area contributed by atoms with Crippen molar-refractivity contribution >= 4 is 33.3 Å². The quantitative estimate of drug-likeness (QED) is 0.468. The average molecular weight is 317 g/mol. The Labute approximate surface area is 107 Å². The van der Waals surface area contributed by atoms with Crippen LogP contribution in [0.15, 0.2) is 11.1 Å². The van der Waals surface area contributed by atoms with Crippen LogP contribution in [0.5, 0.6) is 0 Å². The molecule has 0 saturated carbocycles. The number of hydrogen-bond acceptors (Lipinski definition) is 0. The molecule has 1 aliphatic rings. The normalized spacial score (nSPS) is 27.3. The van der Waals surface area contributed by atoms with Crippen LogP contribution in [0.25, 0.3) is 0 Å². The van der Waals surface area contributed by atoms with E-state index >= 15 is 0 Å². The van der Waals surface area contributed by atoms with Gasteiger partial charge in [0.1, 0.15) is 0 Å². The first-order valence-electron chi connectivity index (χ1n) is 4.19. The van der Waals surface area contributed by atoms with Gasteiger partial charge >= 0.3 is 78.8 Å². The van der Waals surface area contributed by atoms with Gasteiger partial charge in [-0.1, -0.05) is 0 Å². The molecular weight excluding hydrogens is 301 g/mol. The van der Waals surface area contributed by atoms with Gasteiger partial charge in [-0.15, -0.1) is 23.2 Å². The Kier molecular flexibility index (Phi) is 7.69. The number of rotatable bonds is 0. The van der Waals surface area contributed by atoms with Crippen LogP contribution in [0.1, 0.15) is 27.7 Å². The zero-order valence-corrected chi connectivity index (χ0v) is 13.5. The minimum atomic E-state index is -0.0772. The molecule has 1 heterocycles. The molecule has 13 heavy (non-hydrogen) atoms. The first kappa shape index (κ1) is 14.5. The van der Waals surface area contributed by atoms with Gasteiger partial charge in [0.2, 0.25) is 0 Å². The van der Waals surface area contributed by atoms with E-state index < -0.39 is 0 Å². The molecule has 0 amide bonds. The Balaban J connectivity index is 0.000000424. The number of alkyl halides is 2. The fourth-order valence-corrected chi connectivity index (χ4v) is 6.24. The van der Waals surface area contributed by atoms with Crippen LogP contribution in [0.3, 0.4) is 0 Å². The van der Waals surface area contributed by atoms with Gasteiger partial charge in [-0.25, -0.2) is 0 Å². The van der Waals surface area contributed by atoms with E-state index in [4.69, 9.17) is 23.2 Å². The second-order valence-corrected chi connectivity index (χ2v) is 10.4. The molecule has 0 saturated heterocycles. The Morgan fingerprint density at radius 2 is 1.69 bits per heavy atom. The summed E-state index contributed by atoms with van der Waals surface area (Å²) in [5.41, 5.74) is 4.18. The van der Waals surface area contributed by atoms with E-state index in [2.05, 4.69) is 27.7 Å².